The van der Waals surface area contributed by atoms with Crippen molar-refractivity contribution < 1.29 is 9.53 Å². The molecular weight excluding hydrogens is 374 g/mol. The van der Waals surface area contributed by atoms with E-state index in [1.807, 2.05) is 41.5 Å². The van der Waals surface area contributed by atoms with Crippen molar-refractivity contribution in [3.05, 3.63) is 47.2 Å². The van der Waals surface area contributed by atoms with E-state index < -0.39 is 0 Å². The van der Waals surface area contributed by atoms with Crippen LogP contribution in [0.25, 0.3) is 10.2 Å². The lowest BCUT2D eigenvalue weighted by Gasteiger charge is -2.18. The first-order valence-corrected chi connectivity index (χ1v) is 10.2. The number of carbonyl (C=O) groups excluding carboxylic acids is 1. The molecule has 1 saturated heterocycles. The number of likely N-dealkylation sites (tertiary alicyclic amines) is 1. The van der Waals surface area contributed by atoms with Gasteiger partial charge < -0.3 is 15.0 Å². The van der Waals surface area contributed by atoms with E-state index in [9.17, 15) is 4.79 Å². The molecule has 28 heavy (non-hydrogen) atoms. The first-order valence-electron chi connectivity index (χ1n) is 9.36. The second-order valence-electron chi connectivity index (χ2n) is 7.01. The Labute approximate surface area is 167 Å². The maximum atomic E-state index is 13.2. The maximum Gasteiger partial charge on any atom is 0.274 e. The van der Waals surface area contributed by atoms with Gasteiger partial charge in [-0.2, -0.15) is 0 Å². The molecule has 3 aromatic rings. The molecule has 0 aromatic carbocycles. The number of hydrogen-bond acceptors (Lipinski definition) is 7. The van der Waals surface area contributed by atoms with E-state index in [1.54, 1.807) is 13.3 Å². The van der Waals surface area contributed by atoms with Gasteiger partial charge in [0.15, 0.2) is 5.69 Å². The number of nitrogens with zero attached hydrogens (tertiary/aromatic N) is 4. The summed E-state index contributed by atoms with van der Waals surface area (Å²) in [4.78, 5) is 28.6. The predicted octanol–water partition coefficient (Wildman–Crippen LogP) is 3.37. The Morgan fingerprint density at radius 3 is 3.07 bits per heavy atom. The van der Waals surface area contributed by atoms with Crippen LogP contribution in [-0.4, -0.2) is 52.6 Å². The Bertz CT molecular complexity index is 962. The van der Waals surface area contributed by atoms with Crippen LogP contribution in [0.1, 0.15) is 35.6 Å². The molecule has 1 fully saturated rings. The van der Waals surface area contributed by atoms with Gasteiger partial charge in [-0.1, -0.05) is 6.07 Å². The SMILES string of the molecule is COC[C@@H]1CCN(C(=O)c2nc(N[C@@H](C)c3ccccn3)nc3ccsc23)C1. The van der Waals surface area contributed by atoms with Gasteiger partial charge in [0.1, 0.15) is 0 Å². The van der Waals surface area contributed by atoms with Crippen molar-refractivity contribution in [1.29, 1.82) is 0 Å². The van der Waals surface area contributed by atoms with Crippen molar-refractivity contribution in [3.8, 4) is 0 Å². The van der Waals surface area contributed by atoms with E-state index in [1.165, 1.54) is 11.3 Å². The number of carbonyl (C=O) groups is 1. The van der Waals surface area contributed by atoms with E-state index in [2.05, 4.69) is 20.3 Å². The largest absolute Gasteiger partial charge is 0.384 e. The summed E-state index contributed by atoms with van der Waals surface area (Å²) in [5, 5.41) is 5.23. The smallest absolute Gasteiger partial charge is 0.274 e. The molecule has 3 aromatic heterocycles. The zero-order valence-electron chi connectivity index (χ0n) is 16.0. The second kappa shape index (κ2) is 8.20. The third-order valence-corrected chi connectivity index (χ3v) is 5.87. The van der Waals surface area contributed by atoms with Crippen LogP contribution >= 0.6 is 11.3 Å². The highest BCUT2D eigenvalue weighted by Crippen LogP contribution is 2.27. The molecule has 7 nitrogen and oxygen atoms in total. The average Bonchev–Trinajstić information content (AvgIpc) is 3.37. The van der Waals surface area contributed by atoms with Crippen LogP contribution in [0.15, 0.2) is 35.8 Å². The summed E-state index contributed by atoms with van der Waals surface area (Å²) in [5.74, 6) is 0.790. The number of anilines is 1. The first-order chi connectivity index (χ1) is 13.7. The molecule has 0 bridgehead atoms. The minimum Gasteiger partial charge on any atom is -0.384 e. The summed E-state index contributed by atoms with van der Waals surface area (Å²) >= 11 is 1.50. The lowest BCUT2D eigenvalue weighted by molar-refractivity contribution is 0.0772. The van der Waals surface area contributed by atoms with E-state index in [4.69, 9.17) is 4.74 Å². The summed E-state index contributed by atoms with van der Waals surface area (Å²) in [7, 11) is 1.70. The van der Waals surface area contributed by atoms with Crippen molar-refractivity contribution >= 4 is 33.4 Å². The quantitative estimate of drug-likeness (QED) is 0.687. The molecule has 8 heteroatoms. The fourth-order valence-corrected chi connectivity index (χ4v) is 4.32. The number of aromatic nitrogens is 3. The monoisotopic (exact) mass is 397 g/mol. The molecule has 0 saturated carbocycles. The van der Waals surface area contributed by atoms with Gasteiger partial charge in [0.2, 0.25) is 5.95 Å². The third kappa shape index (κ3) is 3.83. The lowest BCUT2D eigenvalue weighted by Crippen LogP contribution is -2.30. The molecular formula is C20H23N5O2S. The Morgan fingerprint density at radius 2 is 2.29 bits per heavy atom. The number of rotatable bonds is 6. The number of amides is 1. The third-order valence-electron chi connectivity index (χ3n) is 4.96. The molecule has 0 unspecified atom stereocenters. The number of pyridine rings is 1. The van der Waals surface area contributed by atoms with Crippen molar-refractivity contribution in [3.63, 3.8) is 0 Å². The highest BCUT2D eigenvalue weighted by molar-refractivity contribution is 7.17. The minimum absolute atomic E-state index is 0.0398. The summed E-state index contributed by atoms with van der Waals surface area (Å²) in [6, 6.07) is 7.63. The molecule has 0 spiro atoms. The number of nitrogens with one attached hydrogen (secondary N) is 1. The summed E-state index contributed by atoms with van der Waals surface area (Å²) < 4.78 is 6.07. The fourth-order valence-electron chi connectivity index (χ4n) is 3.51. The van der Waals surface area contributed by atoms with Crippen LogP contribution in [-0.2, 0) is 4.74 Å². The highest BCUT2D eigenvalue weighted by atomic mass is 32.1. The van der Waals surface area contributed by atoms with Crippen LogP contribution < -0.4 is 5.32 Å². The predicted molar refractivity (Wildman–Crippen MR) is 110 cm³/mol. The number of thiophene rings is 1. The van der Waals surface area contributed by atoms with Gasteiger partial charge in [0, 0.05) is 32.3 Å². The lowest BCUT2D eigenvalue weighted by atomic mass is 10.1. The summed E-state index contributed by atoms with van der Waals surface area (Å²) in [5.41, 5.74) is 2.15. The normalized spacial score (nSPS) is 17.8. The summed E-state index contributed by atoms with van der Waals surface area (Å²) in [6.45, 7) is 4.12. The molecule has 4 rings (SSSR count). The fraction of sp³-hybridized carbons (Fsp3) is 0.400. The van der Waals surface area contributed by atoms with Crippen LogP contribution in [0, 0.1) is 5.92 Å². The molecule has 1 aliphatic rings. The van der Waals surface area contributed by atoms with Gasteiger partial charge in [-0.25, -0.2) is 9.97 Å². The van der Waals surface area contributed by atoms with Crippen LogP contribution in [0.3, 0.4) is 0 Å². The van der Waals surface area contributed by atoms with Gasteiger partial charge in [0.25, 0.3) is 5.91 Å². The number of fused-ring (bicyclic) bond motifs is 1. The Kier molecular flexibility index (Phi) is 5.50. The van der Waals surface area contributed by atoms with E-state index in [0.29, 0.717) is 30.7 Å². The highest BCUT2D eigenvalue weighted by Gasteiger charge is 2.29. The molecule has 0 aliphatic carbocycles. The number of methoxy groups -OCH3 is 1. The molecule has 1 N–H and O–H groups in total. The van der Waals surface area contributed by atoms with E-state index in [0.717, 1.165) is 28.9 Å². The van der Waals surface area contributed by atoms with Crippen molar-refractivity contribution in [2.24, 2.45) is 5.92 Å². The maximum absolute atomic E-state index is 13.2. The zero-order valence-corrected chi connectivity index (χ0v) is 16.8. The average molecular weight is 398 g/mol. The van der Waals surface area contributed by atoms with Gasteiger partial charge in [-0.05, 0) is 36.9 Å². The molecule has 1 aliphatic heterocycles. The number of hydrogen-bond donors (Lipinski definition) is 1. The molecule has 0 radical (unpaired) electrons. The Morgan fingerprint density at radius 1 is 1.39 bits per heavy atom. The molecule has 4 heterocycles. The standard InChI is InChI=1S/C20H23N5O2S/c1-13(15-5-3-4-8-21-15)22-20-23-16-7-10-28-18(16)17(24-20)19(26)25-9-6-14(11-25)12-27-2/h3-5,7-8,10,13-14H,6,9,11-12H2,1-2H3,(H,22,23,24)/t13-,14+/m0/s1. The van der Waals surface area contributed by atoms with Crippen molar-refractivity contribution in [1.82, 2.24) is 19.9 Å². The second-order valence-corrected chi connectivity index (χ2v) is 7.93. The minimum atomic E-state index is -0.0712. The zero-order chi connectivity index (χ0) is 19.5. The van der Waals surface area contributed by atoms with Crippen LogP contribution in [0.5, 0.6) is 0 Å². The van der Waals surface area contributed by atoms with E-state index in [-0.39, 0.29) is 11.9 Å². The Balaban J connectivity index is 1.60. The molecule has 2 atom stereocenters. The molecule has 146 valence electrons. The van der Waals surface area contributed by atoms with E-state index >= 15 is 0 Å². The topological polar surface area (TPSA) is 80.2 Å². The van der Waals surface area contributed by atoms with Gasteiger partial charge in [0.05, 0.1) is 28.6 Å². The van der Waals surface area contributed by atoms with Gasteiger partial charge in [-0.3, -0.25) is 9.78 Å². The van der Waals surface area contributed by atoms with Crippen molar-refractivity contribution in [2.45, 2.75) is 19.4 Å². The Hall–Kier alpha value is -2.58. The first kappa shape index (κ1) is 18.8. The van der Waals surface area contributed by atoms with Gasteiger partial charge >= 0.3 is 0 Å². The van der Waals surface area contributed by atoms with Crippen molar-refractivity contribution in [2.75, 3.05) is 32.1 Å². The van der Waals surface area contributed by atoms with Crippen LogP contribution in [0.4, 0.5) is 5.95 Å². The van der Waals surface area contributed by atoms with Gasteiger partial charge in [-0.15, -0.1) is 11.3 Å². The number of ether oxygens (including phenoxy) is 1. The summed E-state index contributed by atoms with van der Waals surface area (Å²) in [6.07, 6.45) is 2.72. The van der Waals surface area contributed by atoms with Crippen LogP contribution in [0.2, 0.25) is 0 Å². The molecule has 1 amide bonds.